The van der Waals surface area contributed by atoms with Gasteiger partial charge in [0.1, 0.15) is 0 Å². The van der Waals surface area contributed by atoms with Crippen LogP contribution in [0.15, 0.2) is 60.7 Å². The molecule has 0 aliphatic carbocycles. The number of carboxylic acids is 1. The van der Waals surface area contributed by atoms with E-state index in [1.807, 2.05) is 26.0 Å². The molecule has 110 valence electrons. The third-order valence-electron chi connectivity index (χ3n) is 3.28. The fourth-order valence-electron chi connectivity index (χ4n) is 2.27. The van der Waals surface area contributed by atoms with Gasteiger partial charge in [-0.25, -0.2) is 0 Å². The molecule has 22 heavy (non-hydrogen) atoms. The molecule has 0 bridgehead atoms. The second-order valence-electron chi connectivity index (χ2n) is 5.41. The van der Waals surface area contributed by atoms with E-state index in [1.165, 1.54) is 0 Å². The van der Waals surface area contributed by atoms with Crippen LogP contribution in [0.3, 0.4) is 0 Å². The van der Waals surface area contributed by atoms with Crippen molar-refractivity contribution in [1.29, 1.82) is 0 Å². The Morgan fingerprint density at radius 2 is 1.41 bits per heavy atom. The Labute approximate surface area is 143 Å². The van der Waals surface area contributed by atoms with Crippen LogP contribution in [0.5, 0.6) is 0 Å². The third-order valence-corrected chi connectivity index (χ3v) is 3.28. The molecular formula is C18H19LiO3. The molecule has 0 aliphatic heterocycles. The molecule has 0 unspecified atom stereocenters. The van der Waals surface area contributed by atoms with E-state index in [-0.39, 0.29) is 24.8 Å². The van der Waals surface area contributed by atoms with E-state index >= 15 is 0 Å². The maximum Gasteiger partial charge on any atom is 1.00 e. The Hall–Kier alpha value is -1.53. The third kappa shape index (κ3) is 3.81. The SMILES string of the molecule is CC(C)COC(C(=O)[O-])(c1ccccc1)c1ccccc1.[Li+]. The maximum absolute atomic E-state index is 12.0. The van der Waals surface area contributed by atoms with E-state index in [4.69, 9.17) is 4.74 Å². The van der Waals surface area contributed by atoms with Gasteiger partial charge in [-0.3, -0.25) is 0 Å². The first-order chi connectivity index (χ1) is 10.1. The van der Waals surface area contributed by atoms with E-state index in [1.54, 1.807) is 48.5 Å². The van der Waals surface area contributed by atoms with Crippen molar-refractivity contribution >= 4 is 5.97 Å². The number of hydrogen-bond donors (Lipinski definition) is 0. The zero-order valence-electron chi connectivity index (χ0n) is 13.3. The van der Waals surface area contributed by atoms with Gasteiger partial charge in [-0.2, -0.15) is 0 Å². The number of carboxylic acid groups (broad SMARTS) is 1. The van der Waals surface area contributed by atoms with E-state index in [9.17, 15) is 9.90 Å². The van der Waals surface area contributed by atoms with Gasteiger partial charge in [0.25, 0.3) is 0 Å². The fraction of sp³-hybridized carbons (Fsp3) is 0.278. The van der Waals surface area contributed by atoms with Crippen LogP contribution < -0.4 is 24.0 Å². The number of aliphatic carboxylic acids is 1. The van der Waals surface area contributed by atoms with Gasteiger partial charge in [0.05, 0.1) is 12.6 Å². The Kier molecular flexibility index (Phi) is 6.90. The van der Waals surface area contributed by atoms with Crippen LogP contribution in [-0.2, 0) is 15.1 Å². The Morgan fingerprint density at radius 3 is 1.73 bits per heavy atom. The first-order valence-corrected chi connectivity index (χ1v) is 7.04. The van der Waals surface area contributed by atoms with Gasteiger partial charge in [-0.15, -0.1) is 0 Å². The molecule has 2 aromatic carbocycles. The predicted octanol–water partition coefficient (Wildman–Crippen LogP) is -0.643. The maximum atomic E-state index is 12.0. The average Bonchev–Trinajstić information content (AvgIpc) is 2.49. The van der Waals surface area contributed by atoms with Crippen molar-refractivity contribution in [2.45, 2.75) is 19.4 Å². The zero-order valence-corrected chi connectivity index (χ0v) is 13.3. The second kappa shape index (κ2) is 8.19. The van der Waals surface area contributed by atoms with E-state index in [2.05, 4.69) is 0 Å². The first kappa shape index (κ1) is 18.5. The van der Waals surface area contributed by atoms with Gasteiger partial charge in [-0.05, 0) is 17.0 Å². The van der Waals surface area contributed by atoms with E-state index < -0.39 is 11.6 Å². The van der Waals surface area contributed by atoms with Crippen LogP contribution in [0.1, 0.15) is 25.0 Å². The van der Waals surface area contributed by atoms with Gasteiger partial charge < -0.3 is 14.6 Å². The largest absolute Gasteiger partial charge is 1.00 e. The van der Waals surface area contributed by atoms with Crippen LogP contribution >= 0.6 is 0 Å². The van der Waals surface area contributed by atoms with Crippen LogP contribution in [0, 0.1) is 5.92 Å². The van der Waals surface area contributed by atoms with Gasteiger partial charge in [0.2, 0.25) is 0 Å². The van der Waals surface area contributed by atoms with Gasteiger partial charge in [0.15, 0.2) is 5.60 Å². The average molecular weight is 290 g/mol. The summed E-state index contributed by atoms with van der Waals surface area (Å²) in [5, 5.41) is 12.0. The van der Waals surface area contributed by atoms with Gasteiger partial charge in [0, 0.05) is 0 Å². The van der Waals surface area contributed by atoms with Crippen molar-refractivity contribution in [1.82, 2.24) is 0 Å². The van der Waals surface area contributed by atoms with E-state index in [0.29, 0.717) is 17.7 Å². The number of carbonyl (C=O) groups excluding carboxylic acids is 1. The summed E-state index contributed by atoms with van der Waals surface area (Å²) in [5.41, 5.74) is -0.444. The Bertz CT molecular complexity index is 542. The smallest absolute Gasteiger partial charge is 0.546 e. The molecule has 0 heterocycles. The molecule has 0 saturated carbocycles. The molecule has 0 aromatic heterocycles. The molecule has 0 spiro atoms. The molecule has 2 aromatic rings. The predicted molar refractivity (Wildman–Crippen MR) is 79.5 cm³/mol. The zero-order chi connectivity index (χ0) is 15.3. The summed E-state index contributed by atoms with van der Waals surface area (Å²) >= 11 is 0. The molecule has 0 fully saturated rings. The second-order valence-corrected chi connectivity index (χ2v) is 5.41. The van der Waals surface area contributed by atoms with Crippen molar-refractivity contribution in [3.8, 4) is 0 Å². The minimum atomic E-state index is -1.58. The quantitative estimate of drug-likeness (QED) is 0.665. The molecule has 0 saturated heterocycles. The molecule has 0 radical (unpaired) electrons. The topological polar surface area (TPSA) is 49.4 Å². The fourth-order valence-corrected chi connectivity index (χ4v) is 2.27. The standard InChI is InChI=1S/C18H20O3.Li/c1-14(2)13-21-18(17(19)20,15-9-5-3-6-10-15)16-11-7-4-8-12-16;/h3-12,14H,13H2,1-2H3,(H,19,20);/q;+1/p-1. The van der Waals surface area contributed by atoms with Gasteiger partial charge >= 0.3 is 18.9 Å². The van der Waals surface area contributed by atoms with Crippen molar-refractivity contribution in [2.75, 3.05) is 6.61 Å². The molecule has 4 heteroatoms. The first-order valence-electron chi connectivity index (χ1n) is 7.04. The molecule has 0 amide bonds. The van der Waals surface area contributed by atoms with Crippen molar-refractivity contribution < 1.29 is 33.5 Å². The summed E-state index contributed by atoms with van der Waals surface area (Å²) in [6, 6.07) is 17.9. The van der Waals surface area contributed by atoms with Crippen molar-refractivity contribution in [3.05, 3.63) is 71.8 Å². The Balaban J connectivity index is 0.00000242. The number of ether oxygens (including phenoxy) is 1. The minimum absolute atomic E-state index is 0. The number of carbonyl (C=O) groups is 1. The number of rotatable bonds is 6. The van der Waals surface area contributed by atoms with Crippen LogP contribution in [-0.4, -0.2) is 12.6 Å². The molecular weight excluding hydrogens is 271 g/mol. The van der Waals surface area contributed by atoms with E-state index in [0.717, 1.165) is 0 Å². The summed E-state index contributed by atoms with van der Waals surface area (Å²) in [4.78, 5) is 12.0. The summed E-state index contributed by atoms with van der Waals surface area (Å²) in [5.74, 6) is -1.03. The number of benzene rings is 2. The molecule has 3 nitrogen and oxygen atoms in total. The monoisotopic (exact) mass is 290 g/mol. The van der Waals surface area contributed by atoms with Crippen molar-refractivity contribution in [2.24, 2.45) is 5.92 Å². The van der Waals surface area contributed by atoms with Crippen LogP contribution in [0.4, 0.5) is 0 Å². The summed E-state index contributed by atoms with van der Waals surface area (Å²) in [6.07, 6.45) is 0. The number of hydrogen-bond acceptors (Lipinski definition) is 3. The normalized spacial score (nSPS) is 11.0. The molecule has 2 rings (SSSR count). The minimum Gasteiger partial charge on any atom is -0.546 e. The van der Waals surface area contributed by atoms with Gasteiger partial charge in [-0.1, -0.05) is 74.5 Å². The molecule has 0 aliphatic rings. The molecule has 0 atom stereocenters. The van der Waals surface area contributed by atoms with Crippen LogP contribution in [0.2, 0.25) is 0 Å². The summed E-state index contributed by atoms with van der Waals surface area (Å²) in [7, 11) is 0. The molecule has 0 N–H and O–H groups in total. The van der Waals surface area contributed by atoms with Crippen LogP contribution in [0.25, 0.3) is 0 Å². The Morgan fingerprint density at radius 1 is 1.00 bits per heavy atom. The summed E-state index contributed by atoms with van der Waals surface area (Å²) < 4.78 is 5.86. The summed E-state index contributed by atoms with van der Waals surface area (Å²) in [6.45, 7) is 4.30. The van der Waals surface area contributed by atoms with Crippen molar-refractivity contribution in [3.63, 3.8) is 0 Å².